The third-order valence-electron chi connectivity index (χ3n) is 2.37. The van der Waals surface area contributed by atoms with Crippen LogP contribution in [0.4, 0.5) is 0 Å². The molecule has 1 aromatic rings. The number of aryl methyl sites for hydroxylation is 2. The Morgan fingerprint density at radius 2 is 1.71 bits per heavy atom. The molecule has 0 aromatic heterocycles. The zero-order chi connectivity index (χ0) is 11.1. The van der Waals surface area contributed by atoms with Crippen molar-refractivity contribution in [2.45, 2.75) is 53.9 Å². The van der Waals surface area contributed by atoms with Gasteiger partial charge in [-0.25, -0.2) is 0 Å². The molecule has 0 unspecified atom stereocenters. The number of hydrogen-bond donors (Lipinski definition) is 0. The molecule has 1 rings (SSSR count). The van der Waals surface area contributed by atoms with Crippen LogP contribution >= 0.6 is 0 Å². The second-order valence-corrected chi connectivity index (χ2v) is 3.66. The molecule has 0 saturated heterocycles. The van der Waals surface area contributed by atoms with E-state index in [4.69, 9.17) is 0 Å². The summed E-state index contributed by atoms with van der Waals surface area (Å²) in [5, 5.41) is 0. The van der Waals surface area contributed by atoms with Crippen LogP contribution < -0.4 is 0 Å². The fourth-order valence-electron chi connectivity index (χ4n) is 1.88. The number of rotatable bonds is 2. The highest BCUT2D eigenvalue weighted by molar-refractivity contribution is 5.36. The van der Waals surface area contributed by atoms with Crippen molar-refractivity contribution in [3.05, 3.63) is 34.9 Å². The molecule has 0 atom stereocenters. The van der Waals surface area contributed by atoms with Crippen LogP contribution in [0.3, 0.4) is 0 Å². The lowest BCUT2D eigenvalue weighted by Gasteiger charge is -2.14. The van der Waals surface area contributed by atoms with E-state index in [2.05, 4.69) is 45.9 Å². The van der Waals surface area contributed by atoms with Crippen LogP contribution in [-0.2, 0) is 6.42 Å². The monoisotopic (exact) mass is 192 g/mol. The molecule has 0 saturated carbocycles. The van der Waals surface area contributed by atoms with Gasteiger partial charge in [-0.05, 0) is 36.0 Å². The second kappa shape index (κ2) is 6.64. The molecular weight excluding hydrogens is 168 g/mol. The summed E-state index contributed by atoms with van der Waals surface area (Å²) in [5.74, 6) is 0.654. The van der Waals surface area contributed by atoms with Crippen LogP contribution in [-0.4, -0.2) is 0 Å². The Morgan fingerprint density at radius 3 is 2.07 bits per heavy atom. The standard InChI is InChI=1S/C12H18.C2H6/c1-5-11-8-6-7-10(4)12(11)9(2)3;1-2/h6-9H,5H2,1-4H3;1-2H3. The van der Waals surface area contributed by atoms with Crippen LogP contribution in [0.25, 0.3) is 0 Å². The Morgan fingerprint density at radius 1 is 1.14 bits per heavy atom. The summed E-state index contributed by atoms with van der Waals surface area (Å²) < 4.78 is 0. The minimum Gasteiger partial charge on any atom is -0.0683 e. The molecule has 14 heavy (non-hydrogen) atoms. The highest BCUT2D eigenvalue weighted by atomic mass is 14.1. The van der Waals surface area contributed by atoms with Gasteiger partial charge in [-0.15, -0.1) is 0 Å². The summed E-state index contributed by atoms with van der Waals surface area (Å²) in [4.78, 5) is 0. The lowest BCUT2D eigenvalue weighted by molar-refractivity contribution is 0.834. The molecule has 0 aliphatic carbocycles. The van der Waals surface area contributed by atoms with E-state index >= 15 is 0 Å². The van der Waals surface area contributed by atoms with Crippen LogP contribution in [0.2, 0.25) is 0 Å². The smallest absolute Gasteiger partial charge is 0.0213 e. The van der Waals surface area contributed by atoms with Gasteiger partial charge in [-0.3, -0.25) is 0 Å². The first-order valence-electron chi connectivity index (χ1n) is 5.75. The van der Waals surface area contributed by atoms with Gasteiger partial charge in [0.2, 0.25) is 0 Å². The van der Waals surface area contributed by atoms with Gasteiger partial charge >= 0.3 is 0 Å². The highest BCUT2D eigenvalue weighted by Gasteiger charge is 2.06. The maximum Gasteiger partial charge on any atom is -0.0213 e. The Hall–Kier alpha value is -0.780. The number of benzene rings is 1. The van der Waals surface area contributed by atoms with E-state index in [0.29, 0.717) is 5.92 Å². The summed E-state index contributed by atoms with van der Waals surface area (Å²) in [6, 6.07) is 6.59. The molecule has 0 heteroatoms. The van der Waals surface area contributed by atoms with E-state index in [1.807, 2.05) is 13.8 Å². The van der Waals surface area contributed by atoms with Gasteiger partial charge in [0.15, 0.2) is 0 Å². The zero-order valence-electron chi connectivity index (χ0n) is 10.5. The van der Waals surface area contributed by atoms with Crippen molar-refractivity contribution in [3.63, 3.8) is 0 Å². The maximum absolute atomic E-state index is 2.27. The predicted octanol–water partition coefficient (Wildman–Crippen LogP) is 4.71. The van der Waals surface area contributed by atoms with Gasteiger partial charge in [0.05, 0.1) is 0 Å². The molecule has 0 fully saturated rings. The van der Waals surface area contributed by atoms with Crippen molar-refractivity contribution < 1.29 is 0 Å². The van der Waals surface area contributed by atoms with E-state index in [-0.39, 0.29) is 0 Å². The first-order valence-corrected chi connectivity index (χ1v) is 5.75. The minimum absolute atomic E-state index is 0.654. The molecule has 0 aliphatic rings. The Kier molecular flexibility index (Phi) is 6.27. The van der Waals surface area contributed by atoms with Crippen molar-refractivity contribution in [2.75, 3.05) is 0 Å². The van der Waals surface area contributed by atoms with Gasteiger partial charge < -0.3 is 0 Å². The molecule has 0 spiro atoms. The van der Waals surface area contributed by atoms with E-state index in [9.17, 15) is 0 Å². The van der Waals surface area contributed by atoms with Crippen molar-refractivity contribution in [1.29, 1.82) is 0 Å². The Labute approximate surface area is 89.4 Å². The molecule has 0 bridgehead atoms. The van der Waals surface area contributed by atoms with Gasteiger partial charge in [0.1, 0.15) is 0 Å². The highest BCUT2D eigenvalue weighted by Crippen LogP contribution is 2.23. The van der Waals surface area contributed by atoms with E-state index in [1.165, 1.54) is 11.1 Å². The third kappa shape index (κ3) is 3.17. The van der Waals surface area contributed by atoms with Crippen LogP contribution in [0.15, 0.2) is 18.2 Å². The summed E-state index contributed by atoms with van der Waals surface area (Å²) in [6.07, 6.45) is 1.15. The van der Waals surface area contributed by atoms with Crippen molar-refractivity contribution in [3.8, 4) is 0 Å². The Balaban J connectivity index is 0.000000791. The van der Waals surface area contributed by atoms with Crippen molar-refractivity contribution in [1.82, 2.24) is 0 Å². The largest absolute Gasteiger partial charge is 0.0683 e. The number of hydrogen-bond acceptors (Lipinski definition) is 0. The fraction of sp³-hybridized carbons (Fsp3) is 0.571. The van der Waals surface area contributed by atoms with Gasteiger partial charge in [-0.1, -0.05) is 52.8 Å². The summed E-state index contributed by atoms with van der Waals surface area (Å²) >= 11 is 0. The van der Waals surface area contributed by atoms with Gasteiger partial charge in [0.25, 0.3) is 0 Å². The van der Waals surface area contributed by atoms with Gasteiger partial charge in [0, 0.05) is 0 Å². The summed E-state index contributed by atoms with van der Waals surface area (Å²) in [5.41, 5.74) is 4.48. The van der Waals surface area contributed by atoms with E-state index < -0.39 is 0 Å². The lowest BCUT2D eigenvalue weighted by Crippen LogP contribution is -1.97. The van der Waals surface area contributed by atoms with Crippen LogP contribution in [0, 0.1) is 6.92 Å². The molecule has 0 amide bonds. The molecule has 0 radical (unpaired) electrons. The first-order chi connectivity index (χ1) is 6.66. The first kappa shape index (κ1) is 13.2. The maximum atomic E-state index is 2.27. The molecule has 0 heterocycles. The lowest BCUT2D eigenvalue weighted by atomic mass is 9.92. The van der Waals surface area contributed by atoms with Crippen molar-refractivity contribution in [2.24, 2.45) is 0 Å². The fourth-order valence-corrected chi connectivity index (χ4v) is 1.88. The Bertz CT molecular complexity index is 259. The van der Waals surface area contributed by atoms with E-state index in [0.717, 1.165) is 6.42 Å². The predicted molar refractivity (Wildman–Crippen MR) is 66.0 cm³/mol. The third-order valence-corrected chi connectivity index (χ3v) is 2.37. The van der Waals surface area contributed by atoms with E-state index in [1.54, 1.807) is 5.56 Å². The molecule has 1 aromatic carbocycles. The summed E-state index contributed by atoms with van der Waals surface area (Å²) in [7, 11) is 0. The van der Waals surface area contributed by atoms with Gasteiger partial charge in [-0.2, -0.15) is 0 Å². The SMILES string of the molecule is CC.CCc1cccc(C)c1C(C)C. The average Bonchev–Trinajstić information content (AvgIpc) is 2.19. The normalized spacial score (nSPS) is 9.64. The topological polar surface area (TPSA) is 0 Å². The van der Waals surface area contributed by atoms with Crippen molar-refractivity contribution >= 4 is 0 Å². The zero-order valence-corrected chi connectivity index (χ0v) is 10.5. The average molecular weight is 192 g/mol. The minimum atomic E-state index is 0.654. The molecule has 0 nitrogen and oxygen atoms in total. The summed E-state index contributed by atoms with van der Waals surface area (Å²) in [6.45, 7) is 13.0. The molecule has 0 aliphatic heterocycles. The van der Waals surface area contributed by atoms with Crippen LogP contribution in [0.5, 0.6) is 0 Å². The van der Waals surface area contributed by atoms with Crippen LogP contribution in [0.1, 0.15) is 57.2 Å². The second-order valence-electron chi connectivity index (χ2n) is 3.66. The molecular formula is C14H24. The quantitative estimate of drug-likeness (QED) is 0.636. The molecule has 0 N–H and O–H groups in total. The molecule has 80 valence electrons.